The molecular weight excluding hydrogens is 451 g/mol. The van der Waals surface area contributed by atoms with Crippen molar-refractivity contribution in [1.82, 2.24) is 0 Å². The molecule has 1 atom stereocenters. The second-order valence-electron chi connectivity index (χ2n) is 3.60. The maximum Gasteiger partial charge on any atom is 0.0760 e. The molecule has 1 heterocycles. The summed E-state index contributed by atoms with van der Waals surface area (Å²) in [6.45, 7) is 2.10. The lowest BCUT2D eigenvalue weighted by atomic mass is 10.1. The van der Waals surface area contributed by atoms with Gasteiger partial charge in [-0.15, -0.1) is 11.3 Å². The number of aryl methyl sites for hydroxylation is 1. The molecule has 1 aromatic heterocycles. The summed E-state index contributed by atoms with van der Waals surface area (Å²) in [6.07, 6.45) is 0. The summed E-state index contributed by atoms with van der Waals surface area (Å²) in [5.41, 5.74) is 1.14. The predicted octanol–water partition coefficient (Wildman–Crippen LogP) is 6.72. The van der Waals surface area contributed by atoms with E-state index in [1.807, 2.05) is 18.2 Å². The molecule has 0 radical (unpaired) electrons. The molecule has 0 spiro atoms. The highest BCUT2D eigenvalue weighted by molar-refractivity contribution is 9.11. The third-order valence-electron chi connectivity index (χ3n) is 2.30. The summed E-state index contributed by atoms with van der Waals surface area (Å²) in [4.78, 5) is 2.68. The Balaban J connectivity index is 2.46. The van der Waals surface area contributed by atoms with Gasteiger partial charge in [0.05, 0.1) is 4.83 Å². The third kappa shape index (κ3) is 3.16. The number of halogens is 4. The van der Waals surface area contributed by atoms with E-state index < -0.39 is 0 Å². The van der Waals surface area contributed by atoms with Crippen molar-refractivity contribution in [2.24, 2.45) is 0 Å². The van der Waals surface area contributed by atoms with E-state index in [2.05, 4.69) is 60.8 Å². The molecule has 5 heteroatoms. The Labute approximate surface area is 135 Å². The normalized spacial score (nSPS) is 12.8. The first-order valence-electron chi connectivity index (χ1n) is 4.84. The molecule has 2 aromatic rings. The number of hydrogen-bond donors (Lipinski definition) is 0. The van der Waals surface area contributed by atoms with Crippen molar-refractivity contribution < 1.29 is 0 Å². The van der Waals surface area contributed by atoms with E-state index >= 15 is 0 Å². The van der Waals surface area contributed by atoms with Gasteiger partial charge in [0.15, 0.2) is 0 Å². The van der Waals surface area contributed by atoms with Gasteiger partial charge in [-0.3, -0.25) is 0 Å². The number of alkyl halides is 1. The van der Waals surface area contributed by atoms with Gasteiger partial charge in [-0.05, 0) is 52.7 Å². The van der Waals surface area contributed by atoms with Gasteiger partial charge in [-0.25, -0.2) is 0 Å². The van der Waals surface area contributed by atoms with Crippen LogP contribution in [-0.2, 0) is 0 Å². The molecule has 0 aliphatic rings. The molecule has 1 unspecified atom stereocenters. The van der Waals surface area contributed by atoms with E-state index in [0.717, 1.165) is 19.5 Å². The fourth-order valence-electron chi connectivity index (χ4n) is 1.52. The molecular formula is C12H8Br3ClS. The summed E-state index contributed by atoms with van der Waals surface area (Å²) >= 11 is 18.7. The van der Waals surface area contributed by atoms with E-state index in [4.69, 9.17) is 11.6 Å². The number of rotatable bonds is 2. The summed E-state index contributed by atoms with van der Waals surface area (Å²) in [5.74, 6) is 0. The second-order valence-corrected chi connectivity index (χ2v) is 7.95. The first-order valence-corrected chi connectivity index (χ1v) is 8.53. The summed E-state index contributed by atoms with van der Waals surface area (Å²) < 4.78 is 2.19. The quantitative estimate of drug-likeness (QED) is 0.438. The lowest BCUT2D eigenvalue weighted by Crippen LogP contribution is -1.92. The van der Waals surface area contributed by atoms with Gasteiger partial charge in [-0.2, -0.15) is 0 Å². The number of hydrogen-bond acceptors (Lipinski definition) is 1. The van der Waals surface area contributed by atoms with E-state index in [9.17, 15) is 0 Å². The predicted molar refractivity (Wildman–Crippen MR) is 86.7 cm³/mol. The van der Waals surface area contributed by atoms with Crippen molar-refractivity contribution >= 4 is 70.7 Å². The van der Waals surface area contributed by atoms with E-state index in [1.54, 1.807) is 11.3 Å². The minimum absolute atomic E-state index is 0.142. The van der Waals surface area contributed by atoms with Gasteiger partial charge < -0.3 is 0 Å². The van der Waals surface area contributed by atoms with Gasteiger partial charge in [0, 0.05) is 23.7 Å². The van der Waals surface area contributed by atoms with E-state index in [-0.39, 0.29) is 4.83 Å². The van der Waals surface area contributed by atoms with Crippen LogP contribution >= 0.6 is 70.7 Å². The first-order chi connectivity index (χ1) is 7.99. The molecule has 90 valence electrons. The Morgan fingerprint density at radius 2 is 1.88 bits per heavy atom. The average molecular weight is 459 g/mol. The molecule has 0 saturated heterocycles. The largest absolute Gasteiger partial charge is 0.143 e. The number of benzene rings is 1. The van der Waals surface area contributed by atoms with Gasteiger partial charge in [0.1, 0.15) is 0 Å². The van der Waals surface area contributed by atoms with Gasteiger partial charge in [0.25, 0.3) is 0 Å². The first kappa shape index (κ1) is 14.1. The minimum atomic E-state index is 0.142. The van der Waals surface area contributed by atoms with E-state index in [1.165, 1.54) is 9.75 Å². The van der Waals surface area contributed by atoms with Crippen LogP contribution in [0.1, 0.15) is 20.1 Å². The van der Waals surface area contributed by atoms with E-state index in [0.29, 0.717) is 0 Å². The Kier molecular flexibility index (Phi) is 4.75. The Morgan fingerprint density at radius 3 is 2.47 bits per heavy atom. The highest BCUT2D eigenvalue weighted by Gasteiger charge is 2.18. The molecule has 0 bridgehead atoms. The zero-order valence-corrected chi connectivity index (χ0v) is 15.1. The SMILES string of the molecule is Cc1cc(Br)c(C(Br)c2cc(Cl)ccc2Br)s1. The van der Waals surface area contributed by atoms with Crippen LogP contribution in [0.3, 0.4) is 0 Å². The van der Waals surface area contributed by atoms with Crippen LogP contribution in [0.15, 0.2) is 33.2 Å². The monoisotopic (exact) mass is 456 g/mol. The van der Waals surface area contributed by atoms with Gasteiger partial charge in [0.2, 0.25) is 0 Å². The highest BCUT2D eigenvalue weighted by Crippen LogP contribution is 2.43. The maximum atomic E-state index is 6.04. The average Bonchev–Trinajstić information content (AvgIpc) is 2.60. The zero-order valence-electron chi connectivity index (χ0n) is 8.81. The van der Waals surface area contributed by atoms with Gasteiger partial charge in [-0.1, -0.05) is 43.5 Å². The smallest absolute Gasteiger partial charge is 0.0760 e. The van der Waals surface area contributed by atoms with Gasteiger partial charge >= 0.3 is 0 Å². The summed E-state index contributed by atoms with van der Waals surface area (Å²) in [6, 6.07) is 7.96. The zero-order chi connectivity index (χ0) is 12.6. The third-order valence-corrected chi connectivity index (χ3v) is 6.54. The standard InChI is InChI=1S/C12H8Br3ClS/c1-6-4-10(14)12(17-6)11(15)8-5-7(16)2-3-9(8)13/h2-5,11H,1H3. The van der Waals surface area contributed by atoms with Crippen LogP contribution in [0.25, 0.3) is 0 Å². The molecule has 1 aromatic carbocycles. The minimum Gasteiger partial charge on any atom is -0.143 e. The molecule has 0 saturated carbocycles. The van der Waals surface area contributed by atoms with Crippen molar-refractivity contribution in [3.63, 3.8) is 0 Å². The molecule has 0 aliphatic heterocycles. The Hall–Kier alpha value is 0.650. The van der Waals surface area contributed by atoms with Crippen LogP contribution in [0.5, 0.6) is 0 Å². The fraction of sp³-hybridized carbons (Fsp3) is 0.167. The molecule has 2 rings (SSSR count). The van der Waals surface area contributed by atoms with Crippen molar-refractivity contribution in [3.05, 3.63) is 53.6 Å². The second kappa shape index (κ2) is 5.74. The van der Waals surface area contributed by atoms with Crippen LogP contribution in [0.2, 0.25) is 5.02 Å². The highest BCUT2D eigenvalue weighted by atomic mass is 79.9. The van der Waals surface area contributed by atoms with Crippen molar-refractivity contribution in [1.29, 1.82) is 0 Å². The van der Waals surface area contributed by atoms with Crippen LogP contribution in [-0.4, -0.2) is 0 Å². The van der Waals surface area contributed by atoms with Crippen LogP contribution in [0.4, 0.5) is 0 Å². The van der Waals surface area contributed by atoms with Crippen molar-refractivity contribution in [2.45, 2.75) is 11.8 Å². The van der Waals surface area contributed by atoms with Crippen molar-refractivity contribution in [2.75, 3.05) is 0 Å². The Bertz CT molecular complexity index is 551. The number of thiophene rings is 1. The Morgan fingerprint density at radius 1 is 1.18 bits per heavy atom. The lowest BCUT2D eigenvalue weighted by molar-refractivity contribution is 1.20. The molecule has 17 heavy (non-hydrogen) atoms. The van der Waals surface area contributed by atoms with Crippen LogP contribution < -0.4 is 0 Å². The van der Waals surface area contributed by atoms with Crippen molar-refractivity contribution in [3.8, 4) is 0 Å². The molecule has 0 amide bonds. The lowest BCUT2D eigenvalue weighted by Gasteiger charge is -2.11. The molecule has 0 nitrogen and oxygen atoms in total. The van der Waals surface area contributed by atoms with Crippen LogP contribution in [0, 0.1) is 6.92 Å². The molecule has 0 aliphatic carbocycles. The summed E-state index contributed by atoms with van der Waals surface area (Å²) in [5, 5.41) is 0.747. The topological polar surface area (TPSA) is 0 Å². The summed E-state index contributed by atoms with van der Waals surface area (Å²) in [7, 11) is 0. The maximum absolute atomic E-state index is 6.04. The molecule has 0 fully saturated rings. The fourth-order valence-corrected chi connectivity index (χ4v) is 5.58. The molecule has 0 N–H and O–H groups in total.